The average Bonchev–Trinajstić information content (AvgIpc) is 3.51. The summed E-state index contributed by atoms with van der Waals surface area (Å²) in [7, 11) is 0. The van der Waals surface area contributed by atoms with E-state index in [1.807, 2.05) is 4.90 Å². The van der Waals surface area contributed by atoms with Crippen molar-refractivity contribution in [3.05, 3.63) is 36.0 Å². The SMILES string of the molecule is CCNC(=NCCCc1c[nH]c2ccccc12)N1CCN(C(C)C(=O)N2CCCC2)CC1.I. The summed E-state index contributed by atoms with van der Waals surface area (Å²) >= 11 is 0. The van der Waals surface area contributed by atoms with Gasteiger partial charge in [-0.15, -0.1) is 24.0 Å². The number of aromatic amines is 1. The molecular formula is C25H39IN6O. The maximum Gasteiger partial charge on any atom is 0.239 e. The van der Waals surface area contributed by atoms with Crippen LogP contribution in [0.2, 0.25) is 0 Å². The minimum absolute atomic E-state index is 0. The standard InChI is InChI=1S/C25H38N6O.HI/c1-3-26-25(27-12-8-9-21-19-28-23-11-5-4-10-22(21)23)31-17-15-29(16-18-31)20(2)24(32)30-13-6-7-14-30;/h4-5,10-11,19-20,28H,3,6-9,12-18H2,1-2H3,(H,26,27);1H. The number of rotatable bonds is 7. The van der Waals surface area contributed by atoms with E-state index in [0.29, 0.717) is 5.91 Å². The van der Waals surface area contributed by atoms with E-state index in [9.17, 15) is 4.79 Å². The number of carbonyl (C=O) groups excluding carboxylic acids is 1. The van der Waals surface area contributed by atoms with Gasteiger partial charge < -0.3 is 20.1 Å². The van der Waals surface area contributed by atoms with Gasteiger partial charge in [0.05, 0.1) is 6.04 Å². The van der Waals surface area contributed by atoms with E-state index in [0.717, 1.165) is 84.0 Å². The molecule has 2 aliphatic rings. The van der Waals surface area contributed by atoms with Crippen molar-refractivity contribution < 1.29 is 4.79 Å². The molecule has 182 valence electrons. The number of aliphatic imine (C=N–C) groups is 1. The van der Waals surface area contributed by atoms with Crippen molar-refractivity contribution in [3.63, 3.8) is 0 Å². The summed E-state index contributed by atoms with van der Waals surface area (Å²) < 4.78 is 0. The molecule has 4 rings (SSSR count). The lowest BCUT2D eigenvalue weighted by Gasteiger charge is -2.39. The van der Waals surface area contributed by atoms with E-state index in [4.69, 9.17) is 4.99 Å². The van der Waals surface area contributed by atoms with E-state index in [-0.39, 0.29) is 30.0 Å². The smallest absolute Gasteiger partial charge is 0.239 e. The first kappa shape index (κ1) is 25.8. The van der Waals surface area contributed by atoms with Gasteiger partial charge in [0.25, 0.3) is 0 Å². The largest absolute Gasteiger partial charge is 0.361 e. The number of hydrogen-bond acceptors (Lipinski definition) is 3. The van der Waals surface area contributed by atoms with Crippen molar-refractivity contribution in [3.8, 4) is 0 Å². The van der Waals surface area contributed by atoms with E-state index in [1.165, 1.54) is 16.5 Å². The monoisotopic (exact) mass is 566 g/mol. The number of aromatic nitrogens is 1. The first-order valence-corrected chi connectivity index (χ1v) is 12.3. The summed E-state index contributed by atoms with van der Waals surface area (Å²) in [6.45, 7) is 11.3. The molecule has 0 saturated carbocycles. The molecule has 0 spiro atoms. The second kappa shape index (κ2) is 12.6. The Bertz CT molecular complexity index is 915. The van der Waals surface area contributed by atoms with Gasteiger partial charge in [0.2, 0.25) is 5.91 Å². The molecule has 2 N–H and O–H groups in total. The fourth-order valence-electron chi connectivity index (χ4n) is 4.90. The van der Waals surface area contributed by atoms with Gasteiger partial charge in [-0.05, 0) is 51.2 Å². The van der Waals surface area contributed by atoms with Crippen molar-refractivity contribution in [1.82, 2.24) is 25.0 Å². The van der Waals surface area contributed by atoms with Gasteiger partial charge in [0.15, 0.2) is 5.96 Å². The van der Waals surface area contributed by atoms with Crippen LogP contribution in [0.25, 0.3) is 10.9 Å². The van der Waals surface area contributed by atoms with Crippen LogP contribution in [0.5, 0.6) is 0 Å². The first-order valence-electron chi connectivity index (χ1n) is 12.3. The zero-order valence-corrected chi connectivity index (χ0v) is 22.4. The third-order valence-electron chi connectivity index (χ3n) is 6.81. The Labute approximate surface area is 215 Å². The number of hydrogen-bond donors (Lipinski definition) is 2. The van der Waals surface area contributed by atoms with E-state index in [2.05, 4.69) is 64.4 Å². The molecule has 0 aliphatic carbocycles. The molecule has 3 heterocycles. The molecule has 1 unspecified atom stereocenters. The van der Waals surface area contributed by atoms with Crippen LogP contribution in [-0.2, 0) is 11.2 Å². The number of likely N-dealkylation sites (tertiary alicyclic amines) is 1. The summed E-state index contributed by atoms with van der Waals surface area (Å²) in [6.07, 6.45) is 6.47. The van der Waals surface area contributed by atoms with Crippen molar-refractivity contribution in [2.24, 2.45) is 4.99 Å². The maximum absolute atomic E-state index is 12.7. The number of guanidine groups is 1. The summed E-state index contributed by atoms with van der Waals surface area (Å²) in [5.41, 5.74) is 2.57. The molecule has 2 aliphatic heterocycles. The zero-order chi connectivity index (χ0) is 22.3. The highest BCUT2D eigenvalue weighted by Crippen LogP contribution is 2.19. The molecule has 1 aromatic carbocycles. The predicted octanol–water partition coefficient (Wildman–Crippen LogP) is 3.31. The second-order valence-electron chi connectivity index (χ2n) is 8.93. The van der Waals surface area contributed by atoms with Crippen LogP contribution < -0.4 is 5.32 Å². The first-order chi connectivity index (χ1) is 15.7. The lowest BCUT2D eigenvalue weighted by atomic mass is 10.1. The number of carbonyl (C=O) groups is 1. The number of nitrogens with one attached hydrogen (secondary N) is 2. The lowest BCUT2D eigenvalue weighted by molar-refractivity contribution is -0.135. The van der Waals surface area contributed by atoms with Crippen LogP contribution >= 0.6 is 24.0 Å². The number of halogens is 1. The highest BCUT2D eigenvalue weighted by molar-refractivity contribution is 14.0. The summed E-state index contributed by atoms with van der Waals surface area (Å²) in [6, 6.07) is 8.45. The quantitative estimate of drug-likeness (QED) is 0.234. The molecule has 1 amide bonds. The Morgan fingerprint density at radius 3 is 2.55 bits per heavy atom. The maximum atomic E-state index is 12.7. The summed E-state index contributed by atoms with van der Waals surface area (Å²) in [4.78, 5) is 27.7. The minimum atomic E-state index is -0.0223. The third-order valence-corrected chi connectivity index (χ3v) is 6.81. The fraction of sp³-hybridized carbons (Fsp3) is 0.600. The van der Waals surface area contributed by atoms with Gasteiger partial charge in [0.1, 0.15) is 0 Å². The zero-order valence-electron chi connectivity index (χ0n) is 20.1. The number of para-hydroxylation sites is 1. The Morgan fingerprint density at radius 1 is 1.09 bits per heavy atom. The molecular weight excluding hydrogens is 527 g/mol. The number of piperazine rings is 1. The Hall–Kier alpha value is -1.81. The number of amides is 1. The minimum Gasteiger partial charge on any atom is -0.361 e. The number of fused-ring (bicyclic) bond motifs is 1. The van der Waals surface area contributed by atoms with Crippen LogP contribution in [0.3, 0.4) is 0 Å². The van der Waals surface area contributed by atoms with Crippen LogP contribution in [0.15, 0.2) is 35.5 Å². The summed E-state index contributed by atoms with van der Waals surface area (Å²) in [5, 5.41) is 4.78. The van der Waals surface area contributed by atoms with E-state index < -0.39 is 0 Å². The van der Waals surface area contributed by atoms with Crippen LogP contribution in [0, 0.1) is 0 Å². The van der Waals surface area contributed by atoms with Gasteiger partial charge in [-0.25, -0.2) is 0 Å². The lowest BCUT2D eigenvalue weighted by Crippen LogP contribution is -2.57. The number of benzene rings is 1. The van der Waals surface area contributed by atoms with Gasteiger partial charge in [0, 0.05) is 69.5 Å². The van der Waals surface area contributed by atoms with Crippen molar-refractivity contribution in [2.75, 3.05) is 52.4 Å². The number of aryl methyl sites for hydroxylation is 1. The van der Waals surface area contributed by atoms with Gasteiger partial charge in [-0.1, -0.05) is 18.2 Å². The van der Waals surface area contributed by atoms with Crippen molar-refractivity contribution in [2.45, 2.75) is 45.6 Å². The molecule has 8 heteroatoms. The topological polar surface area (TPSA) is 67.0 Å². The van der Waals surface area contributed by atoms with Crippen LogP contribution in [-0.4, -0.2) is 90.0 Å². The Balaban J connectivity index is 0.00000306. The van der Waals surface area contributed by atoms with Gasteiger partial charge in [-0.3, -0.25) is 14.7 Å². The van der Waals surface area contributed by atoms with Crippen LogP contribution in [0.1, 0.15) is 38.7 Å². The average molecular weight is 567 g/mol. The molecule has 33 heavy (non-hydrogen) atoms. The molecule has 2 fully saturated rings. The van der Waals surface area contributed by atoms with E-state index in [1.54, 1.807) is 0 Å². The summed E-state index contributed by atoms with van der Waals surface area (Å²) in [5.74, 6) is 1.30. The highest BCUT2D eigenvalue weighted by atomic mass is 127. The Morgan fingerprint density at radius 2 is 1.82 bits per heavy atom. The molecule has 2 saturated heterocycles. The predicted molar refractivity (Wildman–Crippen MR) is 146 cm³/mol. The fourth-order valence-corrected chi connectivity index (χ4v) is 4.90. The third kappa shape index (κ3) is 6.41. The molecule has 2 aromatic rings. The number of nitrogens with zero attached hydrogens (tertiary/aromatic N) is 4. The molecule has 0 bridgehead atoms. The normalized spacial score (nSPS) is 18.4. The Kier molecular flexibility index (Phi) is 9.85. The van der Waals surface area contributed by atoms with Gasteiger partial charge >= 0.3 is 0 Å². The van der Waals surface area contributed by atoms with E-state index >= 15 is 0 Å². The van der Waals surface area contributed by atoms with Gasteiger partial charge in [-0.2, -0.15) is 0 Å². The van der Waals surface area contributed by atoms with Crippen molar-refractivity contribution >= 4 is 46.7 Å². The molecule has 0 radical (unpaired) electrons. The number of H-pyrrole nitrogens is 1. The second-order valence-corrected chi connectivity index (χ2v) is 8.93. The molecule has 7 nitrogen and oxygen atoms in total. The van der Waals surface area contributed by atoms with Crippen molar-refractivity contribution in [1.29, 1.82) is 0 Å². The molecule has 1 aromatic heterocycles. The highest BCUT2D eigenvalue weighted by Gasteiger charge is 2.30. The molecule has 1 atom stereocenters. The van der Waals surface area contributed by atoms with Crippen LogP contribution in [0.4, 0.5) is 0 Å².